The highest BCUT2D eigenvalue weighted by Crippen LogP contribution is 2.51. The summed E-state index contributed by atoms with van der Waals surface area (Å²) in [6.45, 7) is 2.11. The maximum Gasteiger partial charge on any atom is 0.186 e. The first-order chi connectivity index (χ1) is 11.6. The van der Waals surface area contributed by atoms with E-state index in [1.165, 1.54) is 25.3 Å². The molecule has 1 aromatic rings. The molecule has 2 saturated carbocycles. The maximum atomic E-state index is 10.6. The number of likely N-dealkylation sites (N-methyl/N-ethyl adjacent to an activating group) is 1. The van der Waals surface area contributed by atoms with Crippen molar-refractivity contribution >= 4 is 45.2 Å². The molecule has 2 aliphatic rings. The second-order valence-corrected chi connectivity index (χ2v) is 9.90. The SMILES string of the molecule is CNC1C(O)(O)CC2CC(c3cc(I)c(C)c(I)c3)CCC2C1(O)O. The fourth-order valence-corrected chi connectivity index (χ4v) is 6.57. The van der Waals surface area contributed by atoms with Crippen LogP contribution >= 0.6 is 45.2 Å². The van der Waals surface area contributed by atoms with E-state index in [2.05, 4.69) is 69.6 Å². The van der Waals surface area contributed by atoms with Crippen LogP contribution in [-0.2, 0) is 0 Å². The monoisotopic (exact) mass is 573 g/mol. The molecule has 5 N–H and O–H groups in total. The van der Waals surface area contributed by atoms with Gasteiger partial charge in [0.2, 0.25) is 0 Å². The lowest BCUT2D eigenvalue weighted by Crippen LogP contribution is -2.71. The summed E-state index contributed by atoms with van der Waals surface area (Å²) in [6, 6.07) is 3.25. The molecule has 0 aliphatic heterocycles. The smallest absolute Gasteiger partial charge is 0.186 e. The quantitative estimate of drug-likeness (QED) is 0.276. The van der Waals surface area contributed by atoms with E-state index in [1.54, 1.807) is 0 Å². The van der Waals surface area contributed by atoms with Gasteiger partial charge < -0.3 is 25.7 Å². The molecule has 0 radical (unpaired) electrons. The second kappa shape index (κ2) is 7.14. The normalized spacial score (nSPS) is 33.8. The van der Waals surface area contributed by atoms with E-state index in [0.29, 0.717) is 12.3 Å². The van der Waals surface area contributed by atoms with Crippen molar-refractivity contribution in [3.8, 4) is 0 Å². The molecule has 2 aliphatic carbocycles. The van der Waals surface area contributed by atoms with Gasteiger partial charge >= 0.3 is 0 Å². The zero-order valence-electron chi connectivity index (χ0n) is 14.3. The molecular weight excluding hydrogens is 548 g/mol. The van der Waals surface area contributed by atoms with Crippen LogP contribution in [0, 0.1) is 25.9 Å². The Morgan fingerprint density at radius 2 is 1.68 bits per heavy atom. The van der Waals surface area contributed by atoms with Crippen molar-refractivity contribution in [1.82, 2.24) is 5.32 Å². The lowest BCUT2D eigenvalue weighted by molar-refractivity contribution is -0.338. The van der Waals surface area contributed by atoms with E-state index in [-0.39, 0.29) is 18.3 Å². The summed E-state index contributed by atoms with van der Waals surface area (Å²) in [5.41, 5.74) is 2.54. The maximum absolute atomic E-state index is 10.6. The van der Waals surface area contributed by atoms with Gasteiger partial charge in [0, 0.05) is 19.5 Å². The molecule has 3 rings (SSSR count). The molecule has 0 heterocycles. The third-order valence-electron chi connectivity index (χ3n) is 6.04. The van der Waals surface area contributed by atoms with Crippen LogP contribution in [0.25, 0.3) is 0 Å². The van der Waals surface area contributed by atoms with Gasteiger partial charge in [-0.15, -0.1) is 0 Å². The Morgan fingerprint density at radius 3 is 2.24 bits per heavy atom. The van der Waals surface area contributed by atoms with Crippen LogP contribution < -0.4 is 5.32 Å². The highest BCUT2D eigenvalue weighted by molar-refractivity contribution is 14.1. The van der Waals surface area contributed by atoms with Gasteiger partial charge in [-0.25, -0.2) is 0 Å². The standard InChI is InChI=1S/C18H25I2NO4/c1-9-14(19)6-11(7-15(9)20)10-3-4-13-12(5-10)8-17(22,23)16(21-2)18(13,24)25/h6-7,10,12-13,16,21-25H,3-5,8H2,1-2H3. The fraction of sp³-hybridized carbons (Fsp3) is 0.667. The summed E-state index contributed by atoms with van der Waals surface area (Å²) < 4.78 is 2.47. The average Bonchev–Trinajstić information content (AvgIpc) is 2.50. The molecule has 140 valence electrons. The summed E-state index contributed by atoms with van der Waals surface area (Å²) in [6.07, 6.45) is 2.43. The Balaban J connectivity index is 1.87. The Kier molecular flexibility index (Phi) is 5.77. The Bertz CT molecular complexity index is 641. The molecule has 5 nitrogen and oxygen atoms in total. The van der Waals surface area contributed by atoms with Crippen LogP contribution in [-0.4, -0.2) is 45.1 Å². The van der Waals surface area contributed by atoms with Gasteiger partial charge in [0.1, 0.15) is 6.04 Å². The second-order valence-electron chi connectivity index (χ2n) is 7.57. The third kappa shape index (κ3) is 3.62. The molecule has 0 saturated heterocycles. The summed E-state index contributed by atoms with van der Waals surface area (Å²) in [4.78, 5) is 0. The molecule has 7 heteroatoms. The fourth-order valence-electron chi connectivity index (χ4n) is 4.75. The summed E-state index contributed by atoms with van der Waals surface area (Å²) in [5, 5.41) is 44.6. The number of fused-ring (bicyclic) bond motifs is 1. The van der Waals surface area contributed by atoms with Crippen LogP contribution in [0.5, 0.6) is 0 Å². The van der Waals surface area contributed by atoms with Crippen molar-refractivity contribution in [3.63, 3.8) is 0 Å². The number of nitrogens with one attached hydrogen (secondary N) is 1. The topological polar surface area (TPSA) is 93.0 Å². The van der Waals surface area contributed by atoms with Gasteiger partial charge in [0.25, 0.3) is 0 Å². The summed E-state index contributed by atoms with van der Waals surface area (Å²) in [7, 11) is 1.52. The van der Waals surface area contributed by atoms with Crippen LogP contribution in [0.2, 0.25) is 0 Å². The van der Waals surface area contributed by atoms with Gasteiger partial charge in [-0.3, -0.25) is 0 Å². The van der Waals surface area contributed by atoms with E-state index in [0.717, 1.165) is 12.8 Å². The number of benzene rings is 1. The molecule has 0 aromatic heterocycles. The molecular formula is C18H25I2NO4. The van der Waals surface area contributed by atoms with Crippen molar-refractivity contribution in [1.29, 1.82) is 0 Å². The van der Waals surface area contributed by atoms with Crippen molar-refractivity contribution in [3.05, 3.63) is 30.4 Å². The van der Waals surface area contributed by atoms with Gasteiger partial charge in [-0.2, -0.15) is 0 Å². The minimum atomic E-state index is -2.13. The predicted octanol–water partition coefficient (Wildman–Crippen LogP) is 2.06. The number of rotatable bonds is 2. The first-order valence-electron chi connectivity index (χ1n) is 8.60. The Hall–Kier alpha value is 0.480. The van der Waals surface area contributed by atoms with Gasteiger partial charge in [-0.1, -0.05) is 0 Å². The molecule has 0 bridgehead atoms. The van der Waals surface area contributed by atoms with Crippen molar-refractivity contribution in [2.24, 2.45) is 11.8 Å². The third-order valence-corrected chi connectivity index (χ3v) is 8.28. The Morgan fingerprint density at radius 1 is 1.08 bits per heavy atom. The van der Waals surface area contributed by atoms with Crippen molar-refractivity contribution in [2.75, 3.05) is 7.05 Å². The van der Waals surface area contributed by atoms with Crippen molar-refractivity contribution in [2.45, 2.75) is 56.1 Å². The molecule has 1 aromatic carbocycles. The zero-order chi connectivity index (χ0) is 18.6. The van der Waals surface area contributed by atoms with E-state index < -0.39 is 17.6 Å². The lowest BCUT2D eigenvalue weighted by atomic mass is 9.60. The van der Waals surface area contributed by atoms with E-state index in [9.17, 15) is 20.4 Å². The van der Waals surface area contributed by atoms with Crippen LogP contribution in [0.15, 0.2) is 12.1 Å². The largest absolute Gasteiger partial charge is 0.364 e. The van der Waals surface area contributed by atoms with Crippen LogP contribution in [0.3, 0.4) is 0 Å². The summed E-state index contributed by atoms with van der Waals surface area (Å²) in [5.74, 6) is -4.43. The predicted molar refractivity (Wildman–Crippen MR) is 112 cm³/mol. The minimum absolute atomic E-state index is 0.134. The number of hydrogen-bond donors (Lipinski definition) is 5. The zero-order valence-corrected chi connectivity index (χ0v) is 18.7. The number of hydrogen-bond acceptors (Lipinski definition) is 5. The number of halogens is 2. The number of aliphatic hydroxyl groups is 4. The van der Waals surface area contributed by atoms with Gasteiger partial charge in [0.15, 0.2) is 11.6 Å². The van der Waals surface area contributed by atoms with E-state index >= 15 is 0 Å². The van der Waals surface area contributed by atoms with Crippen LogP contribution in [0.1, 0.15) is 42.7 Å². The average molecular weight is 573 g/mol. The van der Waals surface area contributed by atoms with E-state index in [4.69, 9.17) is 0 Å². The highest BCUT2D eigenvalue weighted by atomic mass is 127. The lowest BCUT2D eigenvalue weighted by Gasteiger charge is -2.54. The van der Waals surface area contributed by atoms with Crippen molar-refractivity contribution < 1.29 is 20.4 Å². The Labute approximate surface area is 175 Å². The molecule has 0 spiro atoms. The molecule has 0 amide bonds. The molecule has 4 atom stereocenters. The van der Waals surface area contributed by atoms with Crippen LogP contribution in [0.4, 0.5) is 0 Å². The van der Waals surface area contributed by atoms with Gasteiger partial charge in [-0.05, 0) is 114 Å². The minimum Gasteiger partial charge on any atom is -0.364 e. The first kappa shape index (κ1) is 20.2. The van der Waals surface area contributed by atoms with E-state index in [1.807, 2.05) is 0 Å². The molecule has 2 fully saturated rings. The molecule has 25 heavy (non-hydrogen) atoms. The molecule has 4 unspecified atom stereocenters. The van der Waals surface area contributed by atoms with Gasteiger partial charge in [0.05, 0.1) is 0 Å². The highest BCUT2D eigenvalue weighted by Gasteiger charge is 2.60. The first-order valence-corrected chi connectivity index (χ1v) is 10.8. The summed E-state index contributed by atoms with van der Waals surface area (Å²) >= 11 is 4.71.